The summed E-state index contributed by atoms with van der Waals surface area (Å²) < 4.78 is 4.97. The van der Waals surface area contributed by atoms with Crippen LogP contribution in [0, 0.1) is 0 Å². The predicted octanol–water partition coefficient (Wildman–Crippen LogP) is 1.48. The first-order valence-electron chi connectivity index (χ1n) is 5.58. The molecule has 0 aromatic carbocycles. The molecule has 6 heteroatoms. The number of carbonyl (C=O) groups is 2. The Kier molecular flexibility index (Phi) is 3.86. The number of thioether (sulfide) groups is 1. The van der Waals surface area contributed by atoms with Crippen LogP contribution in [-0.2, 0) is 9.59 Å². The van der Waals surface area contributed by atoms with Crippen molar-refractivity contribution in [2.24, 2.45) is 0 Å². The normalized spacial score (nSPS) is 19.1. The zero-order valence-corrected chi connectivity index (χ0v) is 11.1. The second kappa shape index (κ2) is 5.39. The number of hydrogen-bond acceptors (Lipinski definition) is 5. The third kappa shape index (κ3) is 2.81. The molecule has 1 fully saturated rings. The molecule has 1 aliphatic heterocycles. The van der Waals surface area contributed by atoms with Crippen LogP contribution in [0.3, 0.4) is 0 Å². The van der Waals surface area contributed by atoms with Crippen molar-refractivity contribution in [3.63, 3.8) is 0 Å². The van der Waals surface area contributed by atoms with Gasteiger partial charge in [-0.25, -0.2) is 4.98 Å². The number of aromatic nitrogens is 1. The Bertz CT molecular complexity index is 461. The molecule has 0 saturated carbocycles. The summed E-state index contributed by atoms with van der Waals surface area (Å²) in [5, 5.41) is 0.0830. The Balaban J connectivity index is 2.08. The van der Waals surface area contributed by atoms with E-state index in [0.29, 0.717) is 18.8 Å². The number of rotatable bonds is 3. The molecule has 18 heavy (non-hydrogen) atoms. The molecule has 2 heterocycles. The lowest BCUT2D eigenvalue weighted by Gasteiger charge is -2.16. The fraction of sp³-hybridized carbons (Fsp3) is 0.417. The highest BCUT2D eigenvalue weighted by molar-refractivity contribution is 8.14. The number of carbonyl (C=O) groups excluding carboxylic acids is 2. The van der Waals surface area contributed by atoms with Crippen LogP contribution in [-0.4, -0.2) is 34.9 Å². The van der Waals surface area contributed by atoms with Crippen molar-refractivity contribution in [2.45, 2.75) is 18.6 Å². The van der Waals surface area contributed by atoms with Crippen LogP contribution in [0.2, 0.25) is 0 Å². The fourth-order valence-corrected chi connectivity index (χ4v) is 2.81. The summed E-state index contributed by atoms with van der Waals surface area (Å²) in [5.41, 5.74) is 0.743. The minimum Gasteiger partial charge on any atom is -0.481 e. The first-order chi connectivity index (χ1) is 8.60. The molecule has 1 aliphatic rings. The highest BCUT2D eigenvalue weighted by atomic mass is 32.2. The van der Waals surface area contributed by atoms with Gasteiger partial charge in [0.05, 0.1) is 19.0 Å². The second-order valence-electron chi connectivity index (χ2n) is 4.00. The van der Waals surface area contributed by atoms with Gasteiger partial charge in [-0.1, -0.05) is 11.8 Å². The molecule has 1 aromatic heterocycles. The van der Waals surface area contributed by atoms with Crippen LogP contribution in [0.1, 0.15) is 13.3 Å². The Labute approximate surface area is 110 Å². The Morgan fingerprint density at radius 2 is 2.33 bits per heavy atom. The number of amides is 1. The van der Waals surface area contributed by atoms with Gasteiger partial charge in [0.15, 0.2) is 5.12 Å². The molecule has 1 unspecified atom stereocenters. The highest BCUT2D eigenvalue weighted by Gasteiger charge is 2.31. The number of anilines is 1. The molecule has 0 radical (unpaired) electrons. The van der Waals surface area contributed by atoms with E-state index >= 15 is 0 Å². The molecule has 1 saturated heterocycles. The van der Waals surface area contributed by atoms with Gasteiger partial charge in [0.25, 0.3) is 0 Å². The summed E-state index contributed by atoms with van der Waals surface area (Å²) in [7, 11) is 1.54. The van der Waals surface area contributed by atoms with Gasteiger partial charge < -0.3 is 9.64 Å². The summed E-state index contributed by atoms with van der Waals surface area (Å²) in [6.07, 6.45) is 2.01. The molecule has 0 bridgehead atoms. The first-order valence-corrected chi connectivity index (χ1v) is 6.45. The third-order valence-electron chi connectivity index (χ3n) is 2.66. The van der Waals surface area contributed by atoms with Crippen LogP contribution in [0.25, 0.3) is 0 Å². The minimum atomic E-state index is 0.0284. The Morgan fingerprint density at radius 3 is 2.89 bits per heavy atom. The van der Waals surface area contributed by atoms with Crippen molar-refractivity contribution >= 4 is 28.5 Å². The van der Waals surface area contributed by atoms with E-state index < -0.39 is 0 Å². The van der Waals surface area contributed by atoms with Crippen LogP contribution in [0.5, 0.6) is 5.88 Å². The quantitative estimate of drug-likeness (QED) is 0.829. The third-order valence-corrected chi connectivity index (χ3v) is 3.64. The number of hydrogen-bond donors (Lipinski definition) is 0. The minimum absolute atomic E-state index is 0.0284. The predicted molar refractivity (Wildman–Crippen MR) is 69.8 cm³/mol. The van der Waals surface area contributed by atoms with E-state index in [9.17, 15) is 9.59 Å². The standard InChI is InChI=1S/C12H14N2O3S/c1-8(15)18-10-5-12(16)14(7-10)9-3-4-11(17-2)13-6-9/h3-4,6,10H,5,7H2,1-2H3. The smallest absolute Gasteiger partial charge is 0.228 e. The summed E-state index contributed by atoms with van der Waals surface area (Å²) in [5.74, 6) is 0.542. The van der Waals surface area contributed by atoms with E-state index in [1.54, 1.807) is 30.3 Å². The lowest BCUT2D eigenvalue weighted by Crippen LogP contribution is -2.25. The number of methoxy groups -OCH3 is 1. The lowest BCUT2D eigenvalue weighted by atomic mass is 10.4. The summed E-state index contributed by atoms with van der Waals surface area (Å²) in [6.45, 7) is 2.07. The first kappa shape index (κ1) is 12.9. The second-order valence-corrected chi connectivity index (χ2v) is 5.48. The van der Waals surface area contributed by atoms with Gasteiger partial charge >= 0.3 is 0 Å². The van der Waals surface area contributed by atoms with Gasteiger partial charge in [-0.15, -0.1) is 0 Å². The van der Waals surface area contributed by atoms with Crippen molar-refractivity contribution in [1.82, 2.24) is 4.98 Å². The zero-order chi connectivity index (χ0) is 13.1. The van der Waals surface area contributed by atoms with Crippen LogP contribution in [0.15, 0.2) is 18.3 Å². The molecule has 0 N–H and O–H groups in total. The van der Waals surface area contributed by atoms with E-state index in [1.165, 1.54) is 18.7 Å². The van der Waals surface area contributed by atoms with Crippen LogP contribution in [0.4, 0.5) is 5.69 Å². The van der Waals surface area contributed by atoms with Gasteiger partial charge in [0.2, 0.25) is 11.8 Å². The van der Waals surface area contributed by atoms with E-state index in [1.807, 2.05) is 0 Å². The molecule has 1 amide bonds. The molecular formula is C12H14N2O3S. The van der Waals surface area contributed by atoms with Gasteiger partial charge in [0.1, 0.15) is 0 Å². The van der Waals surface area contributed by atoms with E-state index in [-0.39, 0.29) is 16.3 Å². The Morgan fingerprint density at radius 1 is 1.56 bits per heavy atom. The average molecular weight is 266 g/mol. The molecular weight excluding hydrogens is 252 g/mol. The van der Waals surface area contributed by atoms with Crippen LogP contribution >= 0.6 is 11.8 Å². The monoisotopic (exact) mass is 266 g/mol. The van der Waals surface area contributed by atoms with Gasteiger partial charge in [-0.05, 0) is 6.07 Å². The van der Waals surface area contributed by atoms with E-state index in [0.717, 1.165) is 5.69 Å². The molecule has 5 nitrogen and oxygen atoms in total. The maximum atomic E-state index is 11.9. The van der Waals surface area contributed by atoms with E-state index in [4.69, 9.17) is 4.74 Å². The Hall–Kier alpha value is -1.56. The number of ether oxygens (including phenoxy) is 1. The molecule has 1 aromatic rings. The number of pyridine rings is 1. The SMILES string of the molecule is COc1ccc(N2CC(SC(C)=O)CC2=O)cn1. The molecule has 0 aliphatic carbocycles. The molecule has 1 atom stereocenters. The summed E-state index contributed by atoms with van der Waals surface area (Å²) in [6, 6.07) is 3.51. The largest absolute Gasteiger partial charge is 0.481 e. The maximum absolute atomic E-state index is 11.9. The van der Waals surface area contributed by atoms with Crippen molar-refractivity contribution in [2.75, 3.05) is 18.6 Å². The van der Waals surface area contributed by atoms with Crippen molar-refractivity contribution in [1.29, 1.82) is 0 Å². The summed E-state index contributed by atoms with van der Waals surface area (Å²) >= 11 is 1.23. The van der Waals surface area contributed by atoms with Crippen molar-refractivity contribution < 1.29 is 14.3 Å². The zero-order valence-electron chi connectivity index (χ0n) is 10.3. The van der Waals surface area contributed by atoms with Crippen LogP contribution < -0.4 is 9.64 Å². The van der Waals surface area contributed by atoms with E-state index in [2.05, 4.69) is 4.98 Å². The lowest BCUT2D eigenvalue weighted by molar-refractivity contribution is -0.117. The van der Waals surface area contributed by atoms with Crippen molar-refractivity contribution in [3.8, 4) is 5.88 Å². The van der Waals surface area contributed by atoms with Gasteiger partial charge in [-0.2, -0.15) is 0 Å². The molecule has 0 spiro atoms. The topological polar surface area (TPSA) is 59.5 Å². The molecule has 96 valence electrons. The maximum Gasteiger partial charge on any atom is 0.228 e. The van der Waals surface area contributed by atoms with Gasteiger partial charge in [-0.3, -0.25) is 9.59 Å². The molecule has 2 rings (SSSR count). The highest BCUT2D eigenvalue weighted by Crippen LogP contribution is 2.28. The average Bonchev–Trinajstić information content (AvgIpc) is 2.69. The number of nitrogens with zero attached hydrogens (tertiary/aromatic N) is 2. The fourth-order valence-electron chi connectivity index (χ4n) is 1.89. The van der Waals surface area contributed by atoms with Gasteiger partial charge in [0, 0.05) is 31.2 Å². The van der Waals surface area contributed by atoms with Crippen molar-refractivity contribution in [3.05, 3.63) is 18.3 Å². The summed E-state index contributed by atoms with van der Waals surface area (Å²) in [4.78, 5) is 28.6.